The Labute approximate surface area is 139 Å². The van der Waals surface area contributed by atoms with E-state index in [2.05, 4.69) is 12.2 Å². The largest absolute Gasteiger partial charge is 0.316 e. The number of rotatable bonds is 6. The van der Waals surface area contributed by atoms with Gasteiger partial charge in [0, 0.05) is 10.0 Å². The predicted molar refractivity (Wildman–Crippen MR) is 93.4 cm³/mol. The number of halogens is 2. The maximum atomic E-state index is 6.36. The van der Waals surface area contributed by atoms with Gasteiger partial charge in [0.05, 0.1) is 0 Å². The van der Waals surface area contributed by atoms with Gasteiger partial charge in [0.25, 0.3) is 0 Å². The lowest BCUT2D eigenvalue weighted by atomic mass is 9.83. The fraction of sp³-hybridized carbons (Fsp3) is 0.667. The van der Waals surface area contributed by atoms with Crippen LogP contribution in [0.2, 0.25) is 10.0 Å². The Hall–Kier alpha value is -0.240. The molecule has 1 fully saturated rings. The minimum atomic E-state index is 0.703. The Bertz CT molecular complexity index is 413. The van der Waals surface area contributed by atoms with E-state index in [1.807, 2.05) is 18.2 Å². The van der Waals surface area contributed by atoms with Crippen LogP contribution in [0.5, 0.6) is 0 Å². The van der Waals surface area contributed by atoms with Crippen LogP contribution in [0.4, 0.5) is 0 Å². The Morgan fingerprint density at radius 1 is 1.05 bits per heavy atom. The molecule has 118 valence electrons. The lowest BCUT2D eigenvalue weighted by Crippen LogP contribution is -2.29. The summed E-state index contributed by atoms with van der Waals surface area (Å²) in [6.07, 6.45) is 8.95. The summed E-state index contributed by atoms with van der Waals surface area (Å²) in [7, 11) is 0. The van der Waals surface area contributed by atoms with Crippen LogP contribution < -0.4 is 5.32 Å². The summed E-state index contributed by atoms with van der Waals surface area (Å²) >= 11 is 12.7. The molecule has 0 spiro atoms. The molecule has 0 saturated heterocycles. The van der Waals surface area contributed by atoms with Gasteiger partial charge in [-0.3, -0.25) is 0 Å². The van der Waals surface area contributed by atoms with Crippen LogP contribution in [0.25, 0.3) is 0 Å². The molecule has 0 bridgehead atoms. The van der Waals surface area contributed by atoms with Crippen molar-refractivity contribution in [3.05, 3.63) is 33.8 Å². The van der Waals surface area contributed by atoms with Crippen LogP contribution in [0.3, 0.4) is 0 Å². The highest BCUT2D eigenvalue weighted by molar-refractivity contribution is 6.35. The third-order valence-electron chi connectivity index (χ3n) is 4.68. The Kier molecular flexibility index (Phi) is 7.36. The van der Waals surface area contributed by atoms with Crippen molar-refractivity contribution in [1.29, 1.82) is 0 Å². The summed E-state index contributed by atoms with van der Waals surface area (Å²) in [5.41, 5.74) is 1.15. The van der Waals surface area contributed by atoms with Gasteiger partial charge in [0.1, 0.15) is 0 Å². The van der Waals surface area contributed by atoms with Gasteiger partial charge in [-0.25, -0.2) is 0 Å². The maximum Gasteiger partial charge on any atom is 0.0452 e. The minimum Gasteiger partial charge on any atom is -0.316 e. The summed E-state index contributed by atoms with van der Waals surface area (Å²) in [6.45, 7) is 4.48. The molecule has 1 N–H and O–H groups in total. The van der Waals surface area contributed by atoms with E-state index in [9.17, 15) is 0 Å². The van der Waals surface area contributed by atoms with Crippen molar-refractivity contribution < 1.29 is 0 Å². The molecule has 1 saturated carbocycles. The first kappa shape index (κ1) is 17.1. The smallest absolute Gasteiger partial charge is 0.0452 e. The van der Waals surface area contributed by atoms with Gasteiger partial charge in [0.15, 0.2) is 0 Å². The maximum absolute atomic E-state index is 6.36. The predicted octanol–water partition coefficient (Wildman–Crippen LogP) is 5.73. The summed E-state index contributed by atoms with van der Waals surface area (Å²) in [5.74, 6) is 1.46. The van der Waals surface area contributed by atoms with Crippen LogP contribution in [0, 0.1) is 11.8 Å². The summed E-state index contributed by atoms with van der Waals surface area (Å²) in [4.78, 5) is 0. The van der Waals surface area contributed by atoms with Crippen molar-refractivity contribution in [2.75, 3.05) is 13.1 Å². The molecule has 1 aromatic carbocycles. The average molecular weight is 328 g/mol. The van der Waals surface area contributed by atoms with Crippen LogP contribution >= 0.6 is 23.2 Å². The molecular weight excluding hydrogens is 301 g/mol. The topological polar surface area (TPSA) is 12.0 Å². The first-order chi connectivity index (χ1) is 10.2. The van der Waals surface area contributed by atoms with Crippen LogP contribution in [0.1, 0.15) is 51.0 Å². The molecule has 3 heteroatoms. The van der Waals surface area contributed by atoms with Gasteiger partial charge in [-0.2, -0.15) is 0 Å². The molecule has 0 radical (unpaired) electrons. The van der Waals surface area contributed by atoms with E-state index in [4.69, 9.17) is 23.2 Å². The zero-order valence-electron chi connectivity index (χ0n) is 13.0. The van der Waals surface area contributed by atoms with Gasteiger partial charge >= 0.3 is 0 Å². The first-order valence-electron chi connectivity index (χ1n) is 8.36. The molecule has 2 unspecified atom stereocenters. The highest BCUT2D eigenvalue weighted by atomic mass is 35.5. The van der Waals surface area contributed by atoms with E-state index in [-0.39, 0.29) is 0 Å². The quantitative estimate of drug-likeness (QED) is 0.519. The zero-order valence-corrected chi connectivity index (χ0v) is 14.5. The molecule has 0 aromatic heterocycles. The molecule has 0 amide bonds. The van der Waals surface area contributed by atoms with Crippen molar-refractivity contribution in [2.24, 2.45) is 11.8 Å². The van der Waals surface area contributed by atoms with Gasteiger partial charge < -0.3 is 5.32 Å². The van der Waals surface area contributed by atoms with E-state index in [0.29, 0.717) is 5.92 Å². The first-order valence-corrected chi connectivity index (χ1v) is 9.11. The molecule has 0 heterocycles. The van der Waals surface area contributed by atoms with Crippen molar-refractivity contribution in [3.8, 4) is 0 Å². The molecule has 1 aliphatic carbocycles. The second-order valence-electron chi connectivity index (χ2n) is 6.27. The highest BCUT2D eigenvalue weighted by Crippen LogP contribution is 2.35. The van der Waals surface area contributed by atoms with Gasteiger partial charge in [-0.1, -0.05) is 55.5 Å². The summed E-state index contributed by atoms with van der Waals surface area (Å²) in [6, 6.07) is 5.86. The lowest BCUT2D eigenvalue weighted by molar-refractivity contribution is 0.298. The third kappa shape index (κ3) is 5.16. The minimum absolute atomic E-state index is 0.703. The van der Waals surface area contributed by atoms with E-state index < -0.39 is 0 Å². The molecule has 2 atom stereocenters. The van der Waals surface area contributed by atoms with E-state index >= 15 is 0 Å². The zero-order chi connectivity index (χ0) is 15.1. The highest BCUT2D eigenvalue weighted by Gasteiger charge is 2.25. The van der Waals surface area contributed by atoms with E-state index in [1.54, 1.807) is 0 Å². The fourth-order valence-corrected chi connectivity index (χ4v) is 4.00. The van der Waals surface area contributed by atoms with Crippen LogP contribution in [0.15, 0.2) is 18.2 Å². The Morgan fingerprint density at radius 3 is 2.38 bits per heavy atom. The van der Waals surface area contributed by atoms with Crippen molar-refractivity contribution in [3.63, 3.8) is 0 Å². The van der Waals surface area contributed by atoms with Gasteiger partial charge in [-0.05, 0) is 68.3 Å². The fourth-order valence-electron chi connectivity index (χ4n) is 3.45. The number of nitrogens with one attached hydrogen (secondary N) is 1. The second kappa shape index (κ2) is 9.02. The number of hydrogen-bond acceptors (Lipinski definition) is 1. The summed E-state index contributed by atoms with van der Waals surface area (Å²) in [5, 5.41) is 5.26. The van der Waals surface area contributed by atoms with Crippen LogP contribution in [-0.2, 0) is 6.42 Å². The molecule has 1 nitrogen and oxygen atoms in total. The van der Waals surface area contributed by atoms with Crippen molar-refractivity contribution >= 4 is 23.2 Å². The second-order valence-corrected chi connectivity index (χ2v) is 7.08. The number of hydrogen-bond donors (Lipinski definition) is 1. The molecule has 1 aliphatic rings. The Morgan fingerprint density at radius 2 is 1.71 bits per heavy atom. The van der Waals surface area contributed by atoms with Gasteiger partial charge in [-0.15, -0.1) is 0 Å². The molecule has 21 heavy (non-hydrogen) atoms. The van der Waals surface area contributed by atoms with E-state index in [1.165, 1.54) is 38.5 Å². The Balaban J connectivity index is 2.05. The SMILES string of the molecule is CCCNCC1CCCCCC1Cc1c(Cl)cccc1Cl. The molecule has 2 rings (SSSR count). The van der Waals surface area contributed by atoms with Crippen molar-refractivity contribution in [2.45, 2.75) is 51.9 Å². The van der Waals surface area contributed by atoms with E-state index in [0.717, 1.165) is 41.0 Å². The van der Waals surface area contributed by atoms with Crippen molar-refractivity contribution in [1.82, 2.24) is 5.32 Å². The third-order valence-corrected chi connectivity index (χ3v) is 5.39. The monoisotopic (exact) mass is 327 g/mol. The lowest BCUT2D eigenvalue weighted by Gasteiger charge is -2.26. The molecular formula is C18H27Cl2N. The number of benzene rings is 1. The normalized spacial score (nSPS) is 23.0. The molecule has 0 aliphatic heterocycles. The van der Waals surface area contributed by atoms with Crippen LogP contribution in [-0.4, -0.2) is 13.1 Å². The van der Waals surface area contributed by atoms with Gasteiger partial charge in [0.2, 0.25) is 0 Å². The average Bonchev–Trinajstić information content (AvgIpc) is 2.69. The summed E-state index contributed by atoms with van der Waals surface area (Å²) < 4.78 is 0. The molecule has 1 aromatic rings. The standard InChI is InChI=1S/C18H27Cl2N/c1-2-11-21-13-15-8-5-3-4-7-14(15)12-16-17(19)9-6-10-18(16)20/h6,9-10,14-15,21H,2-5,7-8,11-13H2,1H3.